The van der Waals surface area contributed by atoms with Crippen LogP contribution in [0.5, 0.6) is 0 Å². The first kappa shape index (κ1) is 12.8. The van der Waals surface area contributed by atoms with Crippen LogP contribution in [0.1, 0.15) is 12.5 Å². The monoisotopic (exact) mass is 265 g/mol. The second-order valence-corrected chi connectivity index (χ2v) is 6.33. The zero-order valence-electron chi connectivity index (χ0n) is 10.3. The van der Waals surface area contributed by atoms with E-state index in [1.54, 1.807) is 6.08 Å². The van der Waals surface area contributed by atoms with Crippen molar-refractivity contribution in [2.24, 2.45) is 0 Å². The van der Waals surface area contributed by atoms with E-state index in [2.05, 4.69) is 0 Å². The molecule has 1 aliphatic rings. The second kappa shape index (κ2) is 4.57. The third-order valence-corrected chi connectivity index (χ3v) is 4.33. The lowest BCUT2D eigenvalue weighted by Crippen LogP contribution is -2.40. The molecule has 0 saturated heterocycles. The van der Waals surface area contributed by atoms with Gasteiger partial charge in [-0.3, -0.25) is 4.79 Å². The van der Waals surface area contributed by atoms with Gasteiger partial charge in [-0.1, -0.05) is 18.2 Å². The number of aryl methyl sites for hydroxylation is 1. The Bertz CT molecular complexity index is 604. The molecule has 1 aromatic carbocycles. The smallest absolute Gasteiger partial charge is 0.224 e. The number of benzene rings is 1. The predicted octanol–water partition coefficient (Wildman–Crippen LogP) is 1.66. The molecule has 2 rings (SSSR count). The van der Waals surface area contributed by atoms with Gasteiger partial charge in [-0.2, -0.15) is 0 Å². The minimum atomic E-state index is -3.17. The quantitative estimate of drug-likeness (QED) is 0.817. The van der Waals surface area contributed by atoms with Crippen LogP contribution in [0.3, 0.4) is 0 Å². The van der Waals surface area contributed by atoms with E-state index in [0.717, 1.165) is 11.3 Å². The van der Waals surface area contributed by atoms with Crippen LogP contribution in [0.15, 0.2) is 35.7 Å². The summed E-state index contributed by atoms with van der Waals surface area (Å²) in [5, 5.41) is 1.19. The molecule has 0 aromatic heterocycles. The van der Waals surface area contributed by atoms with Gasteiger partial charge in [0.15, 0.2) is 9.84 Å². The van der Waals surface area contributed by atoms with E-state index in [1.807, 2.05) is 31.2 Å². The largest absolute Gasteiger partial charge is 0.304 e. The van der Waals surface area contributed by atoms with E-state index in [-0.39, 0.29) is 11.7 Å². The summed E-state index contributed by atoms with van der Waals surface area (Å²) in [6, 6.07) is 7.05. The van der Waals surface area contributed by atoms with Crippen LogP contribution in [-0.4, -0.2) is 26.1 Å². The lowest BCUT2D eigenvalue weighted by atomic mass is 10.1. The summed E-state index contributed by atoms with van der Waals surface area (Å²) in [4.78, 5) is 13.3. The Morgan fingerprint density at radius 1 is 1.33 bits per heavy atom. The van der Waals surface area contributed by atoms with Crippen LogP contribution in [0.2, 0.25) is 0 Å². The van der Waals surface area contributed by atoms with E-state index >= 15 is 0 Å². The topological polar surface area (TPSA) is 54.5 Å². The number of carbonyl (C=O) groups is 1. The van der Waals surface area contributed by atoms with Gasteiger partial charge in [0.2, 0.25) is 5.91 Å². The van der Waals surface area contributed by atoms with Crippen LogP contribution in [-0.2, 0) is 14.6 Å². The van der Waals surface area contributed by atoms with E-state index in [9.17, 15) is 13.2 Å². The van der Waals surface area contributed by atoms with Crippen molar-refractivity contribution in [3.8, 4) is 0 Å². The van der Waals surface area contributed by atoms with Crippen molar-refractivity contribution in [3.63, 3.8) is 0 Å². The number of para-hydroxylation sites is 1. The average molecular weight is 265 g/mol. The molecule has 0 bridgehead atoms. The number of hydrogen-bond donors (Lipinski definition) is 0. The predicted molar refractivity (Wildman–Crippen MR) is 71.1 cm³/mol. The maximum Gasteiger partial charge on any atom is 0.224 e. The minimum Gasteiger partial charge on any atom is -0.304 e. The van der Waals surface area contributed by atoms with Crippen LogP contribution in [0.4, 0.5) is 5.69 Å². The van der Waals surface area contributed by atoms with Crippen LogP contribution >= 0.6 is 0 Å². The fourth-order valence-corrected chi connectivity index (χ4v) is 3.40. The highest BCUT2D eigenvalue weighted by Gasteiger charge is 2.30. The Hall–Kier alpha value is -1.62. The van der Waals surface area contributed by atoms with E-state index in [1.165, 1.54) is 17.2 Å². The third kappa shape index (κ3) is 2.46. The Morgan fingerprint density at radius 3 is 2.50 bits per heavy atom. The summed E-state index contributed by atoms with van der Waals surface area (Å²) in [6.45, 7) is 3.35. The van der Waals surface area contributed by atoms with Gasteiger partial charge in [-0.05, 0) is 24.6 Å². The number of hydrogen-bond acceptors (Lipinski definition) is 3. The van der Waals surface area contributed by atoms with Gasteiger partial charge in [0.25, 0.3) is 0 Å². The van der Waals surface area contributed by atoms with E-state index < -0.39 is 15.9 Å². The van der Waals surface area contributed by atoms with Crippen molar-refractivity contribution in [3.05, 3.63) is 41.3 Å². The van der Waals surface area contributed by atoms with Crippen molar-refractivity contribution < 1.29 is 13.2 Å². The molecular weight excluding hydrogens is 250 g/mol. The Labute approximate surface area is 107 Å². The third-order valence-electron chi connectivity index (χ3n) is 2.96. The lowest BCUT2D eigenvalue weighted by Gasteiger charge is -2.27. The summed E-state index contributed by atoms with van der Waals surface area (Å²) >= 11 is 0. The zero-order valence-corrected chi connectivity index (χ0v) is 11.1. The number of anilines is 1. The highest BCUT2D eigenvalue weighted by Crippen LogP contribution is 2.25. The molecule has 96 valence electrons. The standard InChI is InChI=1S/C13H15NO3S/c1-10-5-3-4-6-13(10)14(11(2)15)12-7-8-18(16,17)9-12/h3-8,12H,9H2,1-2H3/t12-/m1/s1. The van der Waals surface area contributed by atoms with E-state index in [4.69, 9.17) is 0 Å². The maximum atomic E-state index is 11.8. The number of carbonyl (C=O) groups excluding carboxylic acids is 1. The number of amides is 1. The molecule has 0 fully saturated rings. The molecule has 18 heavy (non-hydrogen) atoms. The molecule has 0 aliphatic carbocycles. The van der Waals surface area contributed by atoms with Crippen molar-refractivity contribution >= 4 is 21.4 Å². The summed E-state index contributed by atoms with van der Waals surface area (Å²) in [6.07, 6.45) is 1.57. The Balaban J connectivity index is 2.40. The maximum absolute atomic E-state index is 11.8. The first-order valence-electron chi connectivity index (χ1n) is 5.67. The first-order valence-corrected chi connectivity index (χ1v) is 7.38. The molecule has 1 aliphatic heterocycles. The molecule has 0 radical (unpaired) electrons. The van der Waals surface area contributed by atoms with Crippen molar-refractivity contribution in [1.82, 2.24) is 0 Å². The molecule has 0 unspecified atom stereocenters. The minimum absolute atomic E-state index is 0.0408. The molecule has 0 N–H and O–H groups in total. The zero-order chi connectivity index (χ0) is 13.3. The summed E-state index contributed by atoms with van der Waals surface area (Å²) in [5.74, 6) is -0.197. The van der Waals surface area contributed by atoms with Gasteiger partial charge in [0.1, 0.15) is 0 Å². The van der Waals surface area contributed by atoms with Crippen LogP contribution in [0, 0.1) is 6.92 Å². The summed E-state index contributed by atoms with van der Waals surface area (Å²) < 4.78 is 22.9. The normalized spacial score (nSPS) is 20.9. The molecule has 1 amide bonds. The first-order chi connectivity index (χ1) is 8.41. The van der Waals surface area contributed by atoms with Gasteiger partial charge in [0.05, 0.1) is 11.8 Å². The highest BCUT2D eigenvalue weighted by molar-refractivity contribution is 7.94. The Kier molecular flexibility index (Phi) is 3.26. The molecule has 1 atom stereocenters. The molecule has 0 saturated carbocycles. The number of sulfone groups is 1. The van der Waals surface area contributed by atoms with Gasteiger partial charge < -0.3 is 4.90 Å². The van der Waals surface area contributed by atoms with Gasteiger partial charge in [-0.25, -0.2) is 8.42 Å². The Morgan fingerprint density at radius 2 is 2.00 bits per heavy atom. The van der Waals surface area contributed by atoms with Gasteiger partial charge in [-0.15, -0.1) is 0 Å². The van der Waals surface area contributed by atoms with Gasteiger partial charge in [0, 0.05) is 18.0 Å². The van der Waals surface area contributed by atoms with Crippen LogP contribution < -0.4 is 4.90 Å². The molecule has 5 heteroatoms. The fraction of sp³-hybridized carbons (Fsp3) is 0.308. The van der Waals surface area contributed by atoms with Crippen molar-refractivity contribution in [1.29, 1.82) is 0 Å². The number of rotatable bonds is 2. The SMILES string of the molecule is CC(=O)N(c1ccccc1C)[C@@H]1C=CS(=O)(=O)C1. The van der Waals surface area contributed by atoms with Crippen LogP contribution in [0.25, 0.3) is 0 Å². The van der Waals surface area contributed by atoms with Gasteiger partial charge >= 0.3 is 0 Å². The average Bonchev–Trinajstić information content (AvgIpc) is 2.61. The molecule has 1 heterocycles. The van der Waals surface area contributed by atoms with E-state index in [0.29, 0.717) is 0 Å². The summed E-state index contributed by atoms with van der Waals surface area (Å²) in [5.41, 5.74) is 1.71. The molecule has 0 spiro atoms. The molecule has 1 aromatic rings. The van der Waals surface area contributed by atoms with Crippen molar-refractivity contribution in [2.45, 2.75) is 19.9 Å². The molecular formula is C13H15NO3S. The lowest BCUT2D eigenvalue weighted by molar-refractivity contribution is -0.116. The number of nitrogens with zero attached hydrogens (tertiary/aromatic N) is 1. The fourth-order valence-electron chi connectivity index (χ4n) is 2.14. The highest BCUT2D eigenvalue weighted by atomic mass is 32.2. The summed E-state index contributed by atoms with van der Waals surface area (Å²) in [7, 11) is -3.17. The van der Waals surface area contributed by atoms with Crippen molar-refractivity contribution in [2.75, 3.05) is 10.7 Å². The second-order valence-electron chi connectivity index (χ2n) is 4.40. The molecule has 4 nitrogen and oxygen atoms in total.